The number of aliphatic imine (C=N–C) groups is 1. The average molecular weight is 545 g/mol. The summed E-state index contributed by atoms with van der Waals surface area (Å²) in [6.45, 7) is 11.3. The van der Waals surface area contributed by atoms with Crippen LogP contribution in [0.4, 0.5) is 0 Å². The van der Waals surface area contributed by atoms with Gasteiger partial charge < -0.3 is 24.6 Å². The van der Waals surface area contributed by atoms with Gasteiger partial charge in [-0.2, -0.15) is 0 Å². The van der Waals surface area contributed by atoms with E-state index in [1.54, 1.807) is 14.2 Å². The van der Waals surface area contributed by atoms with Crippen LogP contribution in [0.25, 0.3) is 0 Å². The van der Waals surface area contributed by atoms with E-state index in [1.807, 2.05) is 13.1 Å². The van der Waals surface area contributed by atoms with Crippen LogP contribution in [-0.4, -0.2) is 76.3 Å². The first-order valence-electron chi connectivity index (χ1n) is 11.4. The summed E-state index contributed by atoms with van der Waals surface area (Å²) in [5, 5.41) is 3.63. The molecule has 7 heteroatoms. The molecule has 6 nitrogen and oxygen atoms in total. The van der Waals surface area contributed by atoms with E-state index < -0.39 is 0 Å². The Kier molecular flexibility index (Phi) is 10.2. The smallest absolute Gasteiger partial charge is 0.193 e. The molecule has 0 radical (unpaired) electrons. The normalized spacial score (nSPS) is 20.4. The van der Waals surface area contributed by atoms with Crippen LogP contribution in [0.1, 0.15) is 45.1 Å². The molecular weight excluding hydrogens is 503 g/mol. The van der Waals surface area contributed by atoms with E-state index in [9.17, 15) is 0 Å². The standard InChI is InChI=1S/C24H40N4O2.HI/c1-24(2,20-9-10-21(29-4)22(15-20)30-5)18-26-23(25-3)28-14-11-19(17-28)16-27-12-7-6-8-13-27;/h9-10,15,19H,6-8,11-14,16-18H2,1-5H3,(H,25,26);1H. The second-order valence-corrected chi connectivity index (χ2v) is 9.32. The Bertz CT molecular complexity index is 720. The summed E-state index contributed by atoms with van der Waals surface area (Å²) in [5.41, 5.74) is 1.15. The molecule has 1 aromatic carbocycles. The lowest BCUT2D eigenvalue weighted by Crippen LogP contribution is -2.45. The lowest BCUT2D eigenvalue weighted by Gasteiger charge is -2.31. The van der Waals surface area contributed by atoms with Crippen LogP contribution in [0.2, 0.25) is 0 Å². The van der Waals surface area contributed by atoms with Gasteiger partial charge in [-0.1, -0.05) is 26.3 Å². The molecule has 0 amide bonds. The molecule has 2 heterocycles. The molecule has 0 spiro atoms. The molecule has 3 rings (SSSR count). The van der Waals surface area contributed by atoms with Gasteiger partial charge in [-0.25, -0.2) is 0 Å². The SMILES string of the molecule is CN=C(NCC(C)(C)c1ccc(OC)c(OC)c1)N1CCC(CN2CCCCC2)C1.I. The monoisotopic (exact) mass is 544 g/mol. The first-order valence-corrected chi connectivity index (χ1v) is 11.4. The van der Waals surface area contributed by atoms with Crippen molar-refractivity contribution in [2.45, 2.75) is 44.9 Å². The van der Waals surface area contributed by atoms with Crippen molar-refractivity contribution in [3.05, 3.63) is 23.8 Å². The predicted molar refractivity (Wildman–Crippen MR) is 139 cm³/mol. The molecule has 31 heavy (non-hydrogen) atoms. The molecule has 0 aliphatic carbocycles. The minimum Gasteiger partial charge on any atom is -0.493 e. The summed E-state index contributed by atoms with van der Waals surface area (Å²) >= 11 is 0. The number of likely N-dealkylation sites (tertiary alicyclic amines) is 2. The highest BCUT2D eigenvalue weighted by Crippen LogP contribution is 2.33. The molecular formula is C24H41IN4O2. The number of methoxy groups -OCH3 is 2. The highest BCUT2D eigenvalue weighted by molar-refractivity contribution is 14.0. The molecule has 1 unspecified atom stereocenters. The Hall–Kier alpha value is -1.22. The van der Waals surface area contributed by atoms with E-state index in [-0.39, 0.29) is 29.4 Å². The van der Waals surface area contributed by atoms with Crippen LogP contribution in [-0.2, 0) is 5.41 Å². The first kappa shape index (κ1) is 26.0. The maximum absolute atomic E-state index is 5.49. The van der Waals surface area contributed by atoms with Crippen molar-refractivity contribution in [3.8, 4) is 11.5 Å². The largest absolute Gasteiger partial charge is 0.493 e. The summed E-state index contributed by atoms with van der Waals surface area (Å²) in [6.07, 6.45) is 5.39. The van der Waals surface area contributed by atoms with Gasteiger partial charge >= 0.3 is 0 Å². The Morgan fingerprint density at radius 2 is 1.81 bits per heavy atom. The van der Waals surface area contributed by atoms with Gasteiger partial charge in [0, 0.05) is 38.6 Å². The van der Waals surface area contributed by atoms with E-state index in [2.05, 4.69) is 46.1 Å². The van der Waals surface area contributed by atoms with Crippen LogP contribution < -0.4 is 14.8 Å². The maximum Gasteiger partial charge on any atom is 0.193 e. The number of ether oxygens (including phenoxy) is 2. The molecule has 0 aromatic heterocycles. The number of guanidine groups is 1. The zero-order valence-corrected chi connectivity index (χ0v) is 22.3. The van der Waals surface area contributed by atoms with E-state index in [1.165, 1.54) is 50.9 Å². The zero-order valence-electron chi connectivity index (χ0n) is 19.9. The number of nitrogens with one attached hydrogen (secondary N) is 1. The fourth-order valence-corrected chi connectivity index (χ4v) is 4.67. The van der Waals surface area contributed by atoms with Gasteiger partial charge in [0.1, 0.15) is 0 Å². The van der Waals surface area contributed by atoms with Gasteiger partial charge in [-0.3, -0.25) is 4.99 Å². The first-order chi connectivity index (χ1) is 14.5. The average Bonchev–Trinajstić information content (AvgIpc) is 3.22. The molecule has 2 saturated heterocycles. The minimum atomic E-state index is -0.0670. The van der Waals surface area contributed by atoms with E-state index >= 15 is 0 Å². The second-order valence-electron chi connectivity index (χ2n) is 9.32. The Morgan fingerprint density at radius 3 is 2.45 bits per heavy atom. The van der Waals surface area contributed by atoms with E-state index in [0.717, 1.165) is 43.0 Å². The third-order valence-electron chi connectivity index (χ3n) is 6.62. The van der Waals surface area contributed by atoms with Crippen LogP contribution in [0.3, 0.4) is 0 Å². The topological polar surface area (TPSA) is 49.3 Å². The van der Waals surface area contributed by atoms with Gasteiger partial charge in [0.2, 0.25) is 0 Å². The molecule has 2 aliphatic rings. The Labute approximate surface area is 205 Å². The molecule has 1 N–H and O–H groups in total. The summed E-state index contributed by atoms with van der Waals surface area (Å²) in [6, 6.07) is 6.18. The van der Waals surface area contributed by atoms with Crippen LogP contribution >= 0.6 is 24.0 Å². The maximum atomic E-state index is 5.49. The molecule has 2 aliphatic heterocycles. The van der Waals surface area contributed by atoms with Crippen molar-refractivity contribution >= 4 is 29.9 Å². The summed E-state index contributed by atoms with van der Waals surface area (Å²) in [7, 11) is 5.24. The molecule has 176 valence electrons. The third kappa shape index (κ3) is 6.88. The second kappa shape index (κ2) is 12.1. The van der Waals surface area contributed by atoms with Gasteiger partial charge in [0.15, 0.2) is 17.5 Å². The number of hydrogen-bond donors (Lipinski definition) is 1. The Balaban J connectivity index is 0.00000341. The minimum absolute atomic E-state index is 0. The van der Waals surface area contributed by atoms with Crippen molar-refractivity contribution < 1.29 is 9.47 Å². The molecule has 2 fully saturated rings. The number of piperidine rings is 1. The molecule has 1 atom stereocenters. The van der Waals surface area contributed by atoms with Crippen molar-refractivity contribution in [1.82, 2.24) is 15.1 Å². The van der Waals surface area contributed by atoms with Crippen molar-refractivity contribution in [2.75, 3.05) is 60.5 Å². The lowest BCUT2D eigenvalue weighted by molar-refractivity contribution is 0.198. The van der Waals surface area contributed by atoms with Crippen molar-refractivity contribution in [3.63, 3.8) is 0 Å². The van der Waals surface area contributed by atoms with Gasteiger partial charge in [0.05, 0.1) is 14.2 Å². The van der Waals surface area contributed by atoms with Crippen molar-refractivity contribution in [2.24, 2.45) is 10.9 Å². The van der Waals surface area contributed by atoms with Gasteiger partial charge in [-0.05, 0) is 56.0 Å². The quantitative estimate of drug-likeness (QED) is 0.320. The van der Waals surface area contributed by atoms with E-state index in [0.29, 0.717) is 0 Å². The highest BCUT2D eigenvalue weighted by atomic mass is 127. The van der Waals surface area contributed by atoms with Gasteiger partial charge in [-0.15, -0.1) is 24.0 Å². The number of nitrogens with zero attached hydrogens (tertiary/aromatic N) is 3. The number of halogens is 1. The highest BCUT2D eigenvalue weighted by Gasteiger charge is 2.28. The molecule has 0 saturated carbocycles. The summed E-state index contributed by atoms with van der Waals surface area (Å²) < 4.78 is 10.9. The molecule has 1 aromatic rings. The summed E-state index contributed by atoms with van der Waals surface area (Å²) in [4.78, 5) is 9.67. The fourth-order valence-electron chi connectivity index (χ4n) is 4.67. The van der Waals surface area contributed by atoms with Crippen LogP contribution in [0.5, 0.6) is 11.5 Å². The number of rotatable bonds is 7. The Morgan fingerprint density at radius 1 is 1.10 bits per heavy atom. The van der Waals surface area contributed by atoms with Crippen LogP contribution in [0, 0.1) is 5.92 Å². The van der Waals surface area contributed by atoms with Crippen LogP contribution in [0.15, 0.2) is 23.2 Å². The number of hydrogen-bond acceptors (Lipinski definition) is 4. The van der Waals surface area contributed by atoms with Crippen molar-refractivity contribution in [1.29, 1.82) is 0 Å². The zero-order chi connectivity index (χ0) is 21.6. The van der Waals surface area contributed by atoms with E-state index in [4.69, 9.17) is 9.47 Å². The number of benzene rings is 1. The van der Waals surface area contributed by atoms with Gasteiger partial charge in [0.25, 0.3) is 0 Å². The summed E-state index contributed by atoms with van der Waals surface area (Å²) in [5.74, 6) is 3.30. The molecule has 0 bridgehead atoms. The third-order valence-corrected chi connectivity index (χ3v) is 6.62. The fraction of sp³-hybridized carbons (Fsp3) is 0.708. The lowest BCUT2D eigenvalue weighted by atomic mass is 9.84. The predicted octanol–water partition coefficient (Wildman–Crippen LogP) is 3.98.